The first kappa shape index (κ1) is 16.6. The fourth-order valence-electron chi connectivity index (χ4n) is 1.79. The molecule has 0 bridgehead atoms. The van der Waals surface area contributed by atoms with Crippen molar-refractivity contribution in [3.05, 3.63) is 29.8 Å². The third-order valence-corrected chi connectivity index (χ3v) is 4.43. The first-order chi connectivity index (χ1) is 9.44. The van der Waals surface area contributed by atoms with E-state index in [0.29, 0.717) is 12.0 Å². The average molecular weight is 299 g/mol. The molecule has 0 saturated heterocycles. The van der Waals surface area contributed by atoms with Crippen molar-refractivity contribution in [1.82, 2.24) is 10.0 Å². The number of rotatable bonds is 7. The molecule has 7 heteroatoms. The molecule has 0 aliphatic carbocycles. The average Bonchev–Trinajstić information content (AvgIpc) is 2.45. The van der Waals surface area contributed by atoms with Crippen molar-refractivity contribution < 1.29 is 13.2 Å². The van der Waals surface area contributed by atoms with E-state index in [4.69, 9.17) is 5.73 Å². The van der Waals surface area contributed by atoms with E-state index in [9.17, 15) is 13.2 Å². The number of carbonyl (C=O) groups is 1. The molecular formula is C13H21N3O3S. The van der Waals surface area contributed by atoms with Gasteiger partial charge in [0.1, 0.15) is 0 Å². The number of nitrogens with two attached hydrogens (primary N) is 1. The molecule has 0 saturated carbocycles. The second-order valence-electron chi connectivity index (χ2n) is 4.45. The summed E-state index contributed by atoms with van der Waals surface area (Å²) in [7, 11) is -2.09. The van der Waals surface area contributed by atoms with Crippen molar-refractivity contribution in [1.29, 1.82) is 0 Å². The van der Waals surface area contributed by atoms with E-state index in [0.717, 1.165) is 6.42 Å². The molecule has 0 radical (unpaired) electrons. The summed E-state index contributed by atoms with van der Waals surface area (Å²) in [6, 6.07) is 5.50. The Balaban J connectivity index is 2.90. The molecule has 0 aliphatic heterocycles. The van der Waals surface area contributed by atoms with E-state index in [2.05, 4.69) is 10.0 Å². The van der Waals surface area contributed by atoms with Crippen LogP contribution in [-0.2, 0) is 10.0 Å². The van der Waals surface area contributed by atoms with E-state index in [-0.39, 0.29) is 23.4 Å². The van der Waals surface area contributed by atoms with Crippen molar-refractivity contribution >= 4 is 15.9 Å². The van der Waals surface area contributed by atoms with Gasteiger partial charge < -0.3 is 11.1 Å². The minimum absolute atomic E-state index is 0.125. The molecule has 4 N–H and O–H groups in total. The van der Waals surface area contributed by atoms with Gasteiger partial charge in [-0.05, 0) is 30.7 Å². The monoisotopic (exact) mass is 299 g/mol. The number of amides is 1. The minimum atomic E-state index is -3.60. The zero-order chi connectivity index (χ0) is 15.2. The fourth-order valence-corrected chi connectivity index (χ4v) is 3.07. The molecule has 0 aromatic heterocycles. The lowest BCUT2D eigenvalue weighted by molar-refractivity contribution is 0.0963. The number of hydrogen-bond acceptors (Lipinski definition) is 4. The van der Waals surface area contributed by atoms with Gasteiger partial charge in [-0.1, -0.05) is 13.3 Å². The summed E-state index contributed by atoms with van der Waals surface area (Å²) < 4.78 is 26.9. The molecule has 1 unspecified atom stereocenters. The van der Waals surface area contributed by atoms with Crippen LogP contribution >= 0.6 is 0 Å². The second kappa shape index (κ2) is 7.37. The fraction of sp³-hybridized carbons (Fsp3) is 0.462. The molecular weight excluding hydrogens is 278 g/mol. The lowest BCUT2D eigenvalue weighted by Gasteiger charge is -2.16. The largest absolute Gasteiger partial charge is 0.355 e. The molecule has 0 spiro atoms. The van der Waals surface area contributed by atoms with Gasteiger partial charge in [0, 0.05) is 25.2 Å². The normalized spacial score (nSPS) is 12.9. The van der Waals surface area contributed by atoms with Crippen molar-refractivity contribution in [2.75, 3.05) is 13.6 Å². The Morgan fingerprint density at radius 3 is 2.35 bits per heavy atom. The predicted molar refractivity (Wildman–Crippen MR) is 77.9 cm³/mol. The molecule has 1 amide bonds. The Labute approximate surface area is 119 Å². The Morgan fingerprint density at radius 1 is 1.30 bits per heavy atom. The van der Waals surface area contributed by atoms with Crippen LogP contribution in [0.1, 0.15) is 30.1 Å². The summed E-state index contributed by atoms with van der Waals surface area (Å²) in [6.45, 7) is 2.22. The van der Waals surface area contributed by atoms with Crippen LogP contribution in [0.4, 0.5) is 0 Å². The molecule has 6 nitrogen and oxygen atoms in total. The molecule has 0 heterocycles. The highest BCUT2D eigenvalue weighted by atomic mass is 32.2. The SMILES string of the molecule is CCCC(CN)NS(=O)(=O)c1ccc(C(=O)NC)cc1. The van der Waals surface area contributed by atoms with Gasteiger partial charge in [-0.15, -0.1) is 0 Å². The topological polar surface area (TPSA) is 101 Å². The third kappa shape index (κ3) is 4.29. The van der Waals surface area contributed by atoms with Gasteiger partial charge in [-0.25, -0.2) is 13.1 Å². The Kier molecular flexibility index (Phi) is 6.12. The highest BCUT2D eigenvalue weighted by Crippen LogP contribution is 2.12. The van der Waals surface area contributed by atoms with Gasteiger partial charge in [-0.3, -0.25) is 4.79 Å². The number of sulfonamides is 1. The van der Waals surface area contributed by atoms with Crippen LogP contribution in [0, 0.1) is 0 Å². The number of benzene rings is 1. The van der Waals surface area contributed by atoms with Gasteiger partial charge in [0.05, 0.1) is 4.90 Å². The van der Waals surface area contributed by atoms with Crippen LogP contribution in [0.2, 0.25) is 0 Å². The van der Waals surface area contributed by atoms with Gasteiger partial charge in [0.15, 0.2) is 0 Å². The van der Waals surface area contributed by atoms with Crippen LogP contribution in [0.5, 0.6) is 0 Å². The summed E-state index contributed by atoms with van der Waals surface area (Å²) in [5.74, 6) is -0.257. The van der Waals surface area contributed by atoms with E-state index in [1.807, 2.05) is 6.92 Å². The van der Waals surface area contributed by atoms with Crippen molar-refractivity contribution in [2.45, 2.75) is 30.7 Å². The summed E-state index contributed by atoms with van der Waals surface area (Å²) in [6.07, 6.45) is 1.53. The van der Waals surface area contributed by atoms with Crippen molar-refractivity contribution in [3.63, 3.8) is 0 Å². The lowest BCUT2D eigenvalue weighted by atomic mass is 10.2. The molecule has 20 heavy (non-hydrogen) atoms. The molecule has 1 atom stereocenters. The zero-order valence-electron chi connectivity index (χ0n) is 11.7. The maximum absolute atomic E-state index is 12.2. The van der Waals surface area contributed by atoms with Gasteiger partial charge in [-0.2, -0.15) is 0 Å². The van der Waals surface area contributed by atoms with E-state index < -0.39 is 10.0 Å². The maximum atomic E-state index is 12.2. The molecule has 112 valence electrons. The minimum Gasteiger partial charge on any atom is -0.355 e. The van der Waals surface area contributed by atoms with Crippen LogP contribution in [-0.4, -0.2) is 34.0 Å². The smallest absolute Gasteiger partial charge is 0.251 e. The highest BCUT2D eigenvalue weighted by Gasteiger charge is 2.19. The lowest BCUT2D eigenvalue weighted by Crippen LogP contribution is -2.40. The summed E-state index contributed by atoms with van der Waals surface area (Å²) in [5, 5.41) is 2.48. The second-order valence-corrected chi connectivity index (χ2v) is 6.16. The number of hydrogen-bond donors (Lipinski definition) is 3. The van der Waals surface area contributed by atoms with Gasteiger partial charge in [0.2, 0.25) is 10.0 Å². The standard InChI is InChI=1S/C13H21N3O3S/c1-3-4-11(9-14)16-20(18,19)12-7-5-10(6-8-12)13(17)15-2/h5-8,11,16H,3-4,9,14H2,1-2H3,(H,15,17). The van der Waals surface area contributed by atoms with Crippen LogP contribution < -0.4 is 15.8 Å². The quantitative estimate of drug-likeness (QED) is 0.680. The zero-order valence-corrected chi connectivity index (χ0v) is 12.5. The molecule has 1 aromatic rings. The van der Waals surface area contributed by atoms with E-state index >= 15 is 0 Å². The first-order valence-corrected chi connectivity index (χ1v) is 7.97. The van der Waals surface area contributed by atoms with Crippen LogP contribution in [0.25, 0.3) is 0 Å². The molecule has 1 rings (SSSR count). The van der Waals surface area contributed by atoms with Crippen LogP contribution in [0.15, 0.2) is 29.2 Å². The predicted octanol–water partition coefficient (Wildman–Crippen LogP) is 0.452. The first-order valence-electron chi connectivity index (χ1n) is 6.49. The van der Waals surface area contributed by atoms with Gasteiger partial charge >= 0.3 is 0 Å². The van der Waals surface area contributed by atoms with Crippen molar-refractivity contribution in [2.24, 2.45) is 5.73 Å². The Bertz CT molecular complexity index is 540. The summed E-state index contributed by atoms with van der Waals surface area (Å²) in [5.41, 5.74) is 5.96. The van der Waals surface area contributed by atoms with Crippen LogP contribution in [0.3, 0.4) is 0 Å². The Morgan fingerprint density at radius 2 is 1.90 bits per heavy atom. The Hall–Kier alpha value is -1.44. The molecule has 0 fully saturated rings. The van der Waals surface area contributed by atoms with E-state index in [1.165, 1.54) is 31.3 Å². The number of carbonyl (C=O) groups excluding carboxylic acids is 1. The highest BCUT2D eigenvalue weighted by molar-refractivity contribution is 7.89. The van der Waals surface area contributed by atoms with Gasteiger partial charge in [0.25, 0.3) is 5.91 Å². The summed E-state index contributed by atoms with van der Waals surface area (Å²) in [4.78, 5) is 11.5. The third-order valence-electron chi connectivity index (χ3n) is 2.90. The van der Waals surface area contributed by atoms with Crippen molar-refractivity contribution in [3.8, 4) is 0 Å². The number of nitrogens with one attached hydrogen (secondary N) is 2. The summed E-state index contributed by atoms with van der Waals surface area (Å²) >= 11 is 0. The molecule has 1 aromatic carbocycles. The molecule has 0 aliphatic rings. The van der Waals surface area contributed by atoms with E-state index in [1.54, 1.807) is 0 Å². The maximum Gasteiger partial charge on any atom is 0.251 e.